The lowest BCUT2D eigenvalue weighted by atomic mass is 9.95. The zero-order valence-electron chi connectivity index (χ0n) is 23.8. The van der Waals surface area contributed by atoms with Crippen molar-refractivity contribution in [1.82, 2.24) is 9.80 Å². The van der Waals surface area contributed by atoms with Gasteiger partial charge in [0, 0.05) is 24.7 Å². The fourth-order valence-corrected chi connectivity index (χ4v) is 5.19. The fourth-order valence-electron chi connectivity index (χ4n) is 4.94. The summed E-state index contributed by atoms with van der Waals surface area (Å²) >= 11 is 6.72. The molecular weight excluding hydrogens is 524 g/mol. The molecule has 0 saturated carbocycles. The number of nitrogens with zero attached hydrogens (tertiary/aromatic N) is 2. The Morgan fingerprint density at radius 3 is 2.38 bits per heavy atom. The third-order valence-electron chi connectivity index (χ3n) is 7.16. The number of rotatable bonds is 6. The van der Waals surface area contributed by atoms with Crippen LogP contribution in [0.4, 0.5) is 4.79 Å². The molecule has 0 radical (unpaired) electrons. The molecule has 1 aliphatic rings. The molecule has 0 bridgehead atoms. The third kappa shape index (κ3) is 7.12. The second-order valence-corrected chi connectivity index (χ2v) is 11.7. The number of piperazine rings is 1. The maximum atomic E-state index is 12.5. The molecule has 1 fully saturated rings. The molecule has 1 N–H and O–H groups in total. The van der Waals surface area contributed by atoms with Crippen molar-refractivity contribution in [2.45, 2.75) is 52.8 Å². The fraction of sp³-hybridized carbons (Fsp3) is 0.333. The highest BCUT2D eigenvalue weighted by Gasteiger charge is 2.36. The highest BCUT2D eigenvalue weighted by atomic mass is 35.5. The lowest BCUT2D eigenvalue weighted by molar-refractivity contribution is -0.145. The Morgan fingerprint density at radius 1 is 1.00 bits per heavy atom. The maximum Gasteiger partial charge on any atom is 0.410 e. The summed E-state index contributed by atoms with van der Waals surface area (Å²) in [4.78, 5) is 28.0. The first-order valence-corrected chi connectivity index (χ1v) is 13.9. The number of carbonyl (C=O) groups excluding carboxylic acids is 1. The van der Waals surface area contributed by atoms with E-state index in [4.69, 9.17) is 16.3 Å². The number of aliphatic carboxylic acids is 1. The highest BCUT2D eigenvalue weighted by molar-refractivity contribution is 6.32. The van der Waals surface area contributed by atoms with Crippen LogP contribution in [0.1, 0.15) is 48.6 Å². The van der Waals surface area contributed by atoms with Crippen LogP contribution in [-0.2, 0) is 16.1 Å². The number of ether oxygens (including phenoxy) is 1. The number of carbonyl (C=O) groups is 2. The normalized spacial score (nSPS) is 16.4. The van der Waals surface area contributed by atoms with Gasteiger partial charge < -0.3 is 14.7 Å². The largest absolute Gasteiger partial charge is 0.480 e. The van der Waals surface area contributed by atoms with Crippen LogP contribution in [0, 0.1) is 13.8 Å². The molecule has 1 amide bonds. The van der Waals surface area contributed by atoms with Crippen molar-refractivity contribution in [2.75, 3.05) is 19.6 Å². The summed E-state index contributed by atoms with van der Waals surface area (Å²) in [6, 6.07) is 19.7. The molecule has 6 nitrogen and oxygen atoms in total. The topological polar surface area (TPSA) is 70.1 Å². The first-order valence-electron chi connectivity index (χ1n) is 13.5. The van der Waals surface area contributed by atoms with Gasteiger partial charge in [0.1, 0.15) is 11.6 Å². The monoisotopic (exact) mass is 560 g/mol. The van der Waals surface area contributed by atoms with Gasteiger partial charge in [-0.15, -0.1) is 0 Å². The van der Waals surface area contributed by atoms with Crippen molar-refractivity contribution in [3.63, 3.8) is 0 Å². The molecule has 0 spiro atoms. The number of carboxylic acid groups (broad SMARTS) is 1. The van der Waals surface area contributed by atoms with E-state index in [-0.39, 0.29) is 6.54 Å². The molecule has 0 aliphatic carbocycles. The summed E-state index contributed by atoms with van der Waals surface area (Å²) < 4.78 is 5.45. The number of hydrogen-bond acceptors (Lipinski definition) is 4. The second kappa shape index (κ2) is 12.3. The molecule has 0 unspecified atom stereocenters. The van der Waals surface area contributed by atoms with E-state index in [1.807, 2.05) is 48.2 Å². The van der Waals surface area contributed by atoms with Crippen molar-refractivity contribution in [3.05, 3.63) is 93.5 Å². The van der Waals surface area contributed by atoms with E-state index in [2.05, 4.69) is 43.3 Å². The Kier molecular flexibility index (Phi) is 9.02. The molecular formula is C33H37ClN2O4. The zero-order valence-corrected chi connectivity index (χ0v) is 24.5. The van der Waals surface area contributed by atoms with Crippen LogP contribution in [-0.4, -0.2) is 58.2 Å². The summed E-state index contributed by atoms with van der Waals surface area (Å²) in [6.07, 6.45) is 3.62. The van der Waals surface area contributed by atoms with Crippen molar-refractivity contribution in [1.29, 1.82) is 0 Å². The lowest BCUT2D eigenvalue weighted by Crippen LogP contribution is -2.57. The van der Waals surface area contributed by atoms with Crippen molar-refractivity contribution in [3.8, 4) is 11.1 Å². The van der Waals surface area contributed by atoms with Gasteiger partial charge in [0.25, 0.3) is 0 Å². The van der Waals surface area contributed by atoms with Crippen molar-refractivity contribution < 1.29 is 19.4 Å². The van der Waals surface area contributed by atoms with Gasteiger partial charge in [-0.2, -0.15) is 0 Å². The number of carboxylic acids is 1. The molecule has 1 saturated heterocycles. The standard InChI is InChI=1S/C33H37ClN2O4/c1-22-18-26(15-14-24-12-9-13-28(23(24)2)25-10-7-6-8-11-25)29(34)19-27(22)20-35-16-17-36(21-30(35)31(37)38)32(39)40-33(3,4)5/h6-15,18-19,30H,16-17,20-21H2,1-5H3,(H,37,38)/b15-14+/t30-/m0/s1. The maximum absolute atomic E-state index is 12.5. The number of halogens is 1. The summed E-state index contributed by atoms with van der Waals surface area (Å²) in [5.41, 5.74) is 6.93. The Morgan fingerprint density at radius 2 is 1.70 bits per heavy atom. The molecule has 0 aromatic heterocycles. The van der Waals surface area contributed by atoms with Gasteiger partial charge in [-0.1, -0.05) is 78.4 Å². The molecule has 1 atom stereocenters. The molecule has 7 heteroatoms. The summed E-state index contributed by atoms with van der Waals surface area (Å²) in [5.74, 6) is -0.968. The molecule has 1 aliphatic heterocycles. The van der Waals surface area contributed by atoms with Gasteiger partial charge in [0.2, 0.25) is 0 Å². The average Bonchev–Trinajstić information content (AvgIpc) is 2.90. The van der Waals surface area contributed by atoms with E-state index in [9.17, 15) is 14.7 Å². The van der Waals surface area contributed by atoms with Gasteiger partial charge in [0.15, 0.2) is 0 Å². The highest BCUT2D eigenvalue weighted by Crippen LogP contribution is 2.29. The number of aryl methyl sites for hydroxylation is 1. The van der Waals surface area contributed by atoms with E-state index < -0.39 is 23.7 Å². The summed E-state index contributed by atoms with van der Waals surface area (Å²) in [6.45, 7) is 10.8. The van der Waals surface area contributed by atoms with E-state index in [1.54, 1.807) is 20.8 Å². The van der Waals surface area contributed by atoms with Gasteiger partial charge in [0.05, 0.1) is 6.54 Å². The number of benzene rings is 3. The minimum atomic E-state index is -0.968. The first-order chi connectivity index (χ1) is 18.9. The third-order valence-corrected chi connectivity index (χ3v) is 7.49. The second-order valence-electron chi connectivity index (χ2n) is 11.3. The van der Waals surface area contributed by atoms with Crippen LogP contribution in [0.3, 0.4) is 0 Å². The minimum absolute atomic E-state index is 0.0687. The van der Waals surface area contributed by atoms with E-state index >= 15 is 0 Å². The molecule has 210 valence electrons. The zero-order chi connectivity index (χ0) is 29.0. The van der Waals surface area contributed by atoms with E-state index in [0.717, 1.165) is 22.3 Å². The molecule has 3 aromatic carbocycles. The van der Waals surface area contributed by atoms with Crippen LogP contribution in [0.15, 0.2) is 60.7 Å². The van der Waals surface area contributed by atoms with Gasteiger partial charge in [-0.25, -0.2) is 4.79 Å². The Bertz CT molecular complexity index is 1410. The van der Waals surface area contributed by atoms with Gasteiger partial charge in [-0.3, -0.25) is 9.69 Å². The quantitative estimate of drug-likeness (QED) is 0.320. The first kappa shape index (κ1) is 29.4. The van der Waals surface area contributed by atoms with Crippen LogP contribution < -0.4 is 0 Å². The Hall–Kier alpha value is -3.61. The van der Waals surface area contributed by atoms with Crippen LogP contribution in [0.5, 0.6) is 0 Å². The van der Waals surface area contributed by atoms with Crippen LogP contribution in [0.25, 0.3) is 23.3 Å². The number of hydrogen-bond donors (Lipinski definition) is 1. The molecule has 3 aromatic rings. The van der Waals surface area contributed by atoms with Crippen molar-refractivity contribution >= 4 is 35.8 Å². The minimum Gasteiger partial charge on any atom is -0.480 e. The summed E-state index contributed by atoms with van der Waals surface area (Å²) in [7, 11) is 0. The number of amides is 1. The van der Waals surface area contributed by atoms with E-state index in [0.29, 0.717) is 24.7 Å². The van der Waals surface area contributed by atoms with E-state index in [1.165, 1.54) is 21.6 Å². The predicted molar refractivity (Wildman–Crippen MR) is 161 cm³/mol. The Labute approximate surface area is 241 Å². The molecule has 1 heterocycles. The van der Waals surface area contributed by atoms with Gasteiger partial charge in [-0.05, 0) is 79.6 Å². The van der Waals surface area contributed by atoms with Crippen LogP contribution in [0.2, 0.25) is 5.02 Å². The smallest absolute Gasteiger partial charge is 0.410 e. The molecule has 40 heavy (non-hydrogen) atoms. The van der Waals surface area contributed by atoms with Gasteiger partial charge >= 0.3 is 12.1 Å². The van der Waals surface area contributed by atoms with Crippen LogP contribution >= 0.6 is 11.6 Å². The summed E-state index contributed by atoms with van der Waals surface area (Å²) in [5, 5.41) is 10.5. The average molecular weight is 561 g/mol. The predicted octanol–water partition coefficient (Wildman–Crippen LogP) is 7.30. The van der Waals surface area contributed by atoms with Crippen molar-refractivity contribution in [2.24, 2.45) is 0 Å². The SMILES string of the molecule is Cc1cc(/C=C/c2cccc(-c3ccccc3)c2C)c(Cl)cc1CN1CCN(C(=O)OC(C)(C)C)C[C@H]1C(=O)O. The Balaban J connectivity index is 1.50. The lowest BCUT2D eigenvalue weighted by Gasteiger charge is -2.39. The molecule has 4 rings (SSSR count).